The van der Waals surface area contributed by atoms with Gasteiger partial charge in [0.05, 0.1) is 12.2 Å². The molecule has 1 aliphatic heterocycles. The lowest BCUT2D eigenvalue weighted by molar-refractivity contribution is -0.143. The van der Waals surface area contributed by atoms with Gasteiger partial charge in [0.15, 0.2) is 0 Å². The molecule has 2 amide bonds. The number of benzene rings is 1. The fourth-order valence-electron chi connectivity index (χ4n) is 2.53. The highest BCUT2D eigenvalue weighted by atomic mass is 79.9. The SMILES string of the molecule is C[C@H]1CN(C(=O)CCNC(=O)c2ccc(Br)cc2)C[C@H](C)O1. The lowest BCUT2D eigenvalue weighted by atomic mass is 10.2. The maximum absolute atomic E-state index is 12.2. The third kappa shape index (κ3) is 4.81. The molecule has 1 aromatic carbocycles. The summed E-state index contributed by atoms with van der Waals surface area (Å²) in [7, 11) is 0. The molecule has 0 unspecified atom stereocenters. The Bertz CT molecular complexity index is 523. The smallest absolute Gasteiger partial charge is 0.251 e. The van der Waals surface area contributed by atoms with E-state index in [2.05, 4.69) is 21.2 Å². The molecule has 0 saturated carbocycles. The van der Waals surface area contributed by atoms with Crippen LogP contribution < -0.4 is 5.32 Å². The standard InChI is InChI=1S/C16H21BrN2O3/c1-11-9-19(10-12(2)22-11)15(20)7-8-18-16(21)13-3-5-14(17)6-4-13/h3-6,11-12H,7-10H2,1-2H3,(H,18,21)/t11-,12-/m0/s1. The maximum Gasteiger partial charge on any atom is 0.251 e. The zero-order chi connectivity index (χ0) is 16.1. The van der Waals surface area contributed by atoms with E-state index < -0.39 is 0 Å². The summed E-state index contributed by atoms with van der Waals surface area (Å²) in [5, 5.41) is 2.78. The number of ether oxygens (including phenoxy) is 1. The van der Waals surface area contributed by atoms with E-state index in [1.807, 2.05) is 30.9 Å². The summed E-state index contributed by atoms with van der Waals surface area (Å²) in [4.78, 5) is 25.9. The van der Waals surface area contributed by atoms with Crippen molar-refractivity contribution in [3.8, 4) is 0 Å². The molecule has 22 heavy (non-hydrogen) atoms. The van der Waals surface area contributed by atoms with Crippen LogP contribution in [0.15, 0.2) is 28.7 Å². The minimum absolute atomic E-state index is 0.0538. The Morgan fingerprint density at radius 3 is 2.41 bits per heavy atom. The van der Waals surface area contributed by atoms with Crippen molar-refractivity contribution >= 4 is 27.7 Å². The molecule has 2 rings (SSSR count). The monoisotopic (exact) mass is 368 g/mol. The highest BCUT2D eigenvalue weighted by molar-refractivity contribution is 9.10. The van der Waals surface area contributed by atoms with Gasteiger partial charge in [-0.1, -0.05) is 15.9 Å². The lowest BCUT2D eigenvalue weighted by Crippen LogP contribution is -2.48. The molecule has 1 N–H and O–H groups in total. The van der Waals surface area contributed by atoms with Gasteiger partial charge in [-0.2, -0.15) is 0 Å². The minimum atomic E-state index is -0.163. The van der Waals surface area contributed by atoms with E-state index >= 15 is 0 Å². The highest BCUT2D eigenvalue weighted by Gasteiger charge is 2.25. The number of halogens is 1. The predicted octanol–water partition coefficient (Wildman–Crippen LogP) is 2.20. The van der Waals surface area contributed by atoms with Gasteiger partial charge < -0.3 is 15.0 Å². The predicted molar refractivity (Wildman–Crippen MR) is 87.7 cm³/mol. The number of hydrogen-bond acceptors (Lipinski definition) is 3. The molecule has 0 aromatic heterocycles. The van der Waals surface area contributed by atoms with Crippen molar-refractivity contribution in [1.29, 1.82) is 0 Å². The van der Waals surface area contributed by atoms with Gasteiger partial charge in [-0.15, -0.1) is 0 Å². The Morgan fingerprint density at radius 1 is 1.23 bits per heavy atom. The number of amides is 2. The first-order valence-corrected chi connectivity index (χ1v) is 8.22. The van der Waals surface area contributed by atoms with Crippen LogP contribution in [0, 0.1) is 0 Å². The number of carbonyl (C=O) groups is 2. The van der Waals surface area contributed by atoms with Gasteiger partial charge in [-0.25, -0.2) is 0 Å². The Kier molecular flexibility index (Phi) is 5.97. The van der Waals surface area contributed by atoms with Crippen molar-refractivity contribution in [3.63, 3.8) is 0 Å². The van der Waals surface area contributed by atoms with E-state index in [1.54, 1.807) is 12.1 Å². The van der Waals surface area contributed by atoms with Gasteiger partial charge in [-0.05, 0) is 38.1 Å². The summed E-state index contributed by atoms with van der Waals surface area (Å²) in [6.45, 7) is 5.50. The van der Waals surface area contributed by atoms with Gasteiger partial charge in [-0.3, -0.25) is 9.59 Å². The summed E-state index contributed by atoms with van der Waals surface area (Å²) >= 11 is 3.33. The first kappa shape index (κ1) is 17.0. The highest BCUT2D eigenvalue weighted by Crippen LogP contribution is 2.12. The largest absolute Gasteiger partial charge is 0.372 e. The number of nitrogens with zero attached hydrogens (tertiary/aromatic N) is 1. The zero-order valence-electron chi connectivity index (χ0n) is 12.8. The summed E-state index contributed by atoms with van der Waals surface area (Å²) < 4.78 is 6.53. The zero-order valence-corrected chi connectivity index (χ0v) is 14.4. The maximum atomic E-state index is 12.2. The van der Waals surface area contributed by atoms with E-state index in [-0.39, 0.29) is 24.0 Å². The Morgan fingerprint density at radius 2 is 1.82 bits per heavy atom. The fourth-order valence-corrected chi connectivity index (χ4v) is 2.79. The third-order valence-corrected chi connectivity index (χ3v) is 4.03. The summed E-state index contributed by atoms with van der Waals surface area (Å²) in [6, 6.07) is 7.12. The van der Waals surface area contributed by atoms with Crippen LogP contribution in [0.4, 0.5) is 0 Å². The number of rotatable bonds is 4. The molecular formula is C16H21BrN2O3. The second-order valence-corrected chi connectivity index (χ2v) is 6.48. The average Bonchev–Trinajstić information content (AvgIpc) is 2.46. The Hall–Kier alpha value is -1.40. The van der Waals surface area contributed by atoms with Gasteiger partial charge in [0.25, 0.3) is 5.91 Å². The third-order valence-electron chi connectivity index (χ3n) is 3.50. The molecule has 5 nitrogen and oxygen atoms in total. The molecule has 2 atom stereocenters. The number of morpholine rings is 1. The van der Waals surface area contributed by atoms with Crippen LogP contribution in [0.2, 0.25) is 0 Å². The second-order valence-electron chi connectivity index (χ2n) is 5.57. The molecular weight excluding hydrogens is 348 g/mol. The first-order valence-electron chi connectivity index (χ1n) is 7.42. The second kappa shape index (κ2) is 7.74. The van der Waals surface area contributed by atoms with E-state index in [0.717, 1.165) is 4.47 Å². The average molecular weight is 369 g/mol. The molecule has 1 aromatic rings. The summed E-state index contributed by atoms with van der Waals surface area (Å²) in [5.74, 6) is -0.109. The van der Waals surface area contributed by atoms with Crippen molar-refractivity contribution in [3.05, 3.63) is 34.3 Å². The van der Waals surface area contributed by atoms with Crippen molar-refractivity contribution in [1.82, 2.24) is 10.2 Å². The van der Waals surface area contributed by atoms with Crippen LogP contribution in [-0.2, 0) is 9.53 Å². The van der Waals surface area contributed by atoms with Crippen molar-refractivity contribution in [2.24, 2.45) is 0 Å². The molecule has 0 aliphatic carbocycles. The molecule has 6 heteroatoms. The van der Waals surface area contributed by atoms with E-state index in [0.29, 0.717) is 31.6 Å². The summed E-state index contributed by atoms with van der Waals surface area (Å²) in [6.07, 6.45) is 0.428. The molecule has 0 spiro atoms. The molecule has 1 saturated heterocycles. The number of hydrogen-bond donors (Lipinski definition) is 1. The van der Waals surface area contributed by atoms with Crippen LogP contribution in [0.25, 0.3) is 0 Å². The quantitative estimate of drug-likeness (QED) is 0.886. The van der Waals surface area contributed by atoms with Crippen LogP contribution in [0.5, 0.6) is 0 Å². The van der Waals surface area contributed by atoms with Crippen LogP contribution in [0.1, 0.15) is 30.6 Å². The van der Waals surface area contributed by atoms with E-state index in [4.69, 9.17) is 4.74 Å². The Labute approximate surface area is 139 Å². The molecule has 1 heterocycles. The van der Waals surface area contributed by atoms with E-state index in [9.17, 15) is 9.59 Å². The van der Waals surface area contributed by atoms with Gasteiger partial charge in [0, 0.05) is 36.1 Å². The molecule has 1 fully saturated rings. The number of carbonyl (C=O) groups excluding carboxylic acids is 2. The van der Waals surface area contributed by atoms with Crippen molar-refractivity contribution in [2.45, 2.75) is 32.5 Å². The van der Waals surface area contributed by atoms with E-state index in [1.165, 1.54) is 0 Å². The van der Waals surface area contributed by atoms with Crippen LogP contribution >= 0.6 is 15.9 Å². The minimum Gasteiger partial charge on any atom is -0.372 e. The van der Waals surface area contributed by atoms with Gasteiger partial charge in [0.1, 0.15) is 0 Å². The topological polar surface area (TPSA) is 58.6 Å². The van der Waals surface area contributed by atoms with Crippen LogP contribution in [0.3, 0.4) is 0 Å². The van der Waals surface area contributed by atoms with Gasteiger partial charge in [0.2, 0.25) is 5.91 Å². The van der Waals surface area contributed by atoms with Gasteiger partial charge >= 0.3 is 0 Å². The van der Waals surface area contributed by atoms with Crippen LogP contribution in [-0.4, -0.2) is 48.6 Å². The Balaban J connectivity index is 1.77. The normalized spacial score (nSPS) is 21.5. The van der Waals surface area contributed by atoms with Crippen molar-refractivity contribution < 1.29 is 14.3 Å². The van der Waals surface area contributed by atoms with Crippen molar-refractivity contribution in [2.75, 3.05) is 19.6 Å². The molecule has 0 bridgehead atoms. The molecule has 0 radical (unpaired) electrons. The summed E-state index contributed by atoms with van der Waals surface area (Å²) in [5.41, 5.74) is 0.587. The molecule has 1 aliphatic rings. The lowest BCUT2D eigenvalue weighted by Gasteiger charge is -2.35. The molecule has 120 valence electrons. The number of nitrogens with one attached hydrogen (secondary N) is 1. The fraction of sp³-hybridized carbons (Fsp3) is 0.500. The first-order chi connectivity index (χ1) is 10.5.